The Kier molecular flexibility index (Phi) is 4.86. The van der Waals surface area contributed by atoms with Crippen molar-refractivity contribution in [2.75, 3.05) is 11.9 Å². The van der Waals surface area contributed by atoms with Gasteiger partial charge in [0.1, 0.15) is 29.5 Å². The average Bonchev–Trinajstić information content (AvgIpc) is 3.10. The summed E-state index contributed by atoms with van der Waals surface area (Å²) >= 11 is 0. The molecule has 0 saturated carbocycles. The van der Waals surface area contributed by atoms with Crippen molar-refractivity contribution in [3.8, 4) is 5.88 Å². The predicted molar refractivity (Wildman–Crippen MR) is 101 cm³/mol. The van der Waals surface area contributed by atoms with E-state index in [1.807, 2.05) is 37.3 Å². The maximum Gasteiger partial charge on any atom is 0.273 e. The van der Waals surface area contributed by atoms with Crippen molar-refractivity contribution < 1.29 is 19.2 Å². The van der Waals surface area contributed by atoms with Crippen LogP contribution >= 0.6 is 0 Å². The molecule has 8 nitrogen and oxygen atoms in total. The third-order valence-electron chi connectivity index (χ3n) is 4.20. The van der Waals surface area contributed by atoms with Crippen LogP contribution < -0.4 is 10.1 Å². The van der Waals surface area contributed by atoms with E-state index in [2.05, 4.69) is 20.4 Å². The van der Waals surface area contributed by atoms with Crippen molar-refractivity contribution in [1.82, 2.24) is 10.1 Å². The Hall–Kier alpha value is -3.52. The SMILES string of the molecule is Cc1ccc2c(n1)OC/C(=N\C(O)c1cc(Cc3ccccc3)on1)C(=O)N2. The maximum absolute atomic E-state index is 12.4. The van der Waals surface area contributed by atoms with Crippen LogP contribution in [-0.2, 0) is 11.2 Å². The molecule has 3 aromatic rings. The summed E-state index contributed by atoms with van der Waals surface area (Å²) in [5, 5.41) is 16.9. The number of nitrogens with one attached hydrogen (secondary N) is 1. The van der Waals surface area contributed by atoms with Gasteiger partial charge >= 0.3 is 0 Å². The summed E-state index contributed by atoms with van der Waals surface area (Å²) < 4.78 is 10.8. The number of ether oxygens (including phenoxy) is 1. The minimum absolute atomic E-state index is 0.0377. The van der Waals surface area contributed by atoms with Gasteiger partial charge in [0.25, 0.3) is 5.91 Å². The Morgan fingerprint density at radius 1 is 1.25 bits per heavy atom. The lowest BCUT2D eigenvalue weighted by Gasteiger charge is -2.05. The fraction of sp³-hybridized carbons (Fsp3) is 0.200. The highest BCUT2D eigenvalue weighted by molar-refractivity contribution is 6.44. The fourth-order valence-electron chi connectivity index (χ4n) is 2.78. The van der Waals surface area contributed by atoms with Crippen LogP contribution in [-0.4, -0.2) is 33.5 Å². The van der Waals surface area contributed by atoms with Crippen molar-refractivity contribution in [2.24, 2.45) is 4.99 Å². The summed E-state index contributed by atoms with van der Waals surface area (Å²) in [7, 11) is 0. The van der Waals surface area contributed by atoms with Crippen molar-refractivity contribution in [3.05, 3.63) is 71.2 Å². The lowest BCUT2D eigenvalue weighted by atomic mass is 10.1. The summed E-state index contributed by atoms with van der Waals surface area (Å²) in [6.45, 7) is 1.72. The van der Waals surface area contributed by atoms with E-state index < -0.39 is 12.1 Å². The number of aliphatic imine (C=N–C) groups is 1. The number of hydrogen-bond acceptors (Lipinski definition) is 7. The zero-order chi connectivity index (χ0) is 19.5. The van der Waals surface area contributed by atoms with Crippen molar-refractivity contribution >= 4 is 17.3 Å². The van der Waals surface area contributed by atoms with Crippen LogP contribution in [0, 0.1) is 6.92 Å². The number of carbonyl (C=O) groups excluding carboxylic acids is 1. The lowest BCUT2D eigenvalue weighted by molar-refractivity contribution is -0.110. The van der Waals surface area contributed by atoms with Crippen LogP contribution in [0.25, 0.3) is 0 Å². The summed E-state index contributed by atoms with van der Waals surface area (Å²) in [4.78, 5) is 20.7. The highest BCUT2D eigenvalue weighted by Gasteiger charge is 2.23. The van der Waals surface area contributed by atoms with Crippen LogP contribution in [0.1, 0.15) is 28.9 Å². The van der Waals surface area contributed by atoms with Gasteiger partial charge in [-0.05, 0) is 24.6 Å². The van der Waals surface area contributed by atoms with Gasteiger partial charge in [0.05, 0.1) is 0 Å². The average molecular weight is 378 g/mol. The molecule has 0 fully saturated rings. The van der Waals surface area contributed by atoms with Gasteiger partial charge in [-0.3, -0.25) is 4.79 Å². The van der Waals surface area contributed by atoms with E-state index in [1.54, 1.807) is 18.2 Å². The molecule has 1 amide bonds. The van der Waals surface area contributed by atoms with Gasteiger partial charge in [0.15, 0.2) is 6.23 Å². The molecular weight excluding hydrogens is 360 g/mol. The molecule has 1 aromatic carbocycles. The minimum Gasteiger partial charge on any atom is -0.469 e. The summed E-state index contributed by atoms with van der Waals surface area (Å²) in [5.41, 5.74) is 2.55. The van der Waals surface area contributed by atoms with Gasteiger partial charge in [-0.15, -0.1) is 0 Å². The molecule has 4 rings (SSSR count). The smallest absolute Gasteiger partial charge is 0.273 e. The Balaban J connectivity index is 1.49. The molecule has 0 aliphatic carbocycles. The molecule has 3 heterocycles. The number of aliphatic hydroxyl groups excluding tert-OH is 1. The molecule has 8 heteroatoms. The maximum atomic E-state index is 12.4. The Morgan fingerprint density at radius 3 is 2.89 bits per heavy atom. The molecule has 0 saturated heterocycles. The van der Waals surface area contributed by atoms with E-state index in [1.165, 1.54) is 0 Å². The van der Waals surface area contributed by atoms with Crippen molar-refractivity contribution in [1.29, 1.82) is 0 Å². The standard InChI is InChI=1S/C20H18N4O4/c1-12-7-8-15-20(21-12)27-11-17(19(26)22-15)23-18(25)16-10-14(28-24-16)9-13-5-3-2-4-6-13/h2-8,10,18,25H,9,11H2,1H3,(H,22,26)/b23-17+. The molecule has 1 aliphatic heterocycles. The lowest BCUT2D eigenvalue weighted by Crippen LogP contribution is -2.26. The number of benzene rings is 1. The second kappa shape index (κ2) is 7.61. The Morgan fingerprint density at radius 2 is 2.07 bits per heavy atom. The number of aromatic nitrogens is 2. The molecule has 2 N–H and O–H groups in total. The Labute approximate surface area is 160 Å². The van der Waals surface area contributed by atoms with Crippen LogP contribution in [0.2, 0.25) is 0 Å². The minimum atomic E-state index is -1.34. The molecule has 142 valence electrons. The van der Waals surface area contributed by atoms with Gasteiger partial charge in [0, 0.05) is 18.2 Å². The van der Waals surface area contributed by atoms with Gasteiger partial charge in [-0.25, -0.2) is 9.98 Å². The molecular formula is C20H18N4O4. The van der Waals surface area contributed by atoms with E-state index in [0.717, 1.165) is 11.3 Å². The number of fused-ring (bicyclic) bond motifs is 1. The molecule has 1 atom stereocenters. The second-order valence-corrected chi connectivity index (χ2v) is 6.38. The number of aliphatic hydroxyl groups is 1. The predicted octanol–water partition coefficient (Wildman–Crippen LogP) is 2.43. The van der Waals surface area contributed by atoms with E-state index in [0.29, 0.717) is 23.7 Å². The van der Waals surface area contributed by atoms with Gasteiger partial charge in [-0.1, -0.05) is 35.5 Å². The van der Waals surface area contributed by atoms with E-state index in [4.69, 9.17) is 9.26 Å². The number of hydrogen-bond donors (Lipinski definition) is 2. The largest absolute Gasteiger partial charge is 0.469 e. The van der Waals surface area contributed by atoms with E-state index in [9.17, 15) is 9.90 Å². The summed E-state index contributed by atoms with van der Waals surface area (Å²) in [6.07, 6.45) is -0.797. The number of amides is 1. The number of aryl methyl sites for hydroxylation is 1. The van der Waals surface area contributed by atoms with E-state index >= 15 is 0 Å². The van der Waals surface area contributed by atoms with Gasteiger partial charge in [0.2, 0.25) is 5.88 Å². The van der Waals surface area contributed by atoms with Crippen LogP contribution in [0.15, 0.2) is 58.0 Å². The summed E-state index contributed by atoms with van der Waals surface area (Å²) in [5.74, 6) is 0.449. The fourth-order valence-corrected chi connectivity index (χ4v) is 2.78. The second-order valence-electron chi connectivity index (χ2n) is 6.38. The first-order valence-electron chi connectivity index (χ1n) is 8.74. The highest BCUT2D eigenvalue weighted by Crippen LogP contribution is 2.25. The zero-order valence-corrected chi connectivity index (χ0v) is 15.1. The van der Waals surface area contributed by atoms with Crippen molar-refractivity contribution in [2.45, 2.75) is 19.6 Å². The molecule has 0 spiro atoms. The molecule has 0 radical (unpaired) electrons. The molecule has 1 unspecified atom stereocenters. The molecule has 2 aromatic heterocycles. The van der Waals surface area contributed by atoms with Gasteiger partial charge in [-0.2, -0.15) is 0 Å². The van der Waals surface area contributed by atoms with Crippen molar-refractivity contribution in [3.63, 3.8) is 0 Å². The normalized spacial score (nSPS) is 16.1. The number of nitrogens with zero attached hydrogens (tertiary/aromatic N) is 3. The first kappa shape index (κ1) is 17.9. The Bertz CT molecular complexity index is 1030. The third-order valence-corrected chi connectivity index (χ3v) is 4.20. The van der Waals surface area contributed by atoms with Crippen LogP contribution in [0.5, 0.6) is 5.88 Å². The molecule has 1 aliphatic rings. The topological polar surface area (TPSA) is 110 Å². The first-order chi connectivity index (χ1) is 13.6. The number of rotatable bonds is 4. The third kappa shape index (κ3) is 3.91. The van der Waals surface area contributed by atoms with Gasteiger partial charge < -0.3 is 19.7 Å². The monoisotopic (exact) mass is 378 g/mol. The van der Waals surface area contributed by atoms with Crippen LogP contribution in [0.3, 0.4) is 0 Å². The number of pyridine rings is 1. The molecule has 28 heavy (non-hydrogen) atoms. The number of anilines is 1. The first-order valence-corrected chi connectivity index (χ1v) is 8.74. The molecule has 0 bridgehead atoms. The summed E-state index contributed by atoms with van der Waals surface area (Å²) in [6, 6.07) is 14.9. The number of carbonyl (C=O) groups is 1. The highest BCUT2D eigenvalue weighted by atomic mass is 16.5. The zero-order valence-electron chi connectivity index (χ0n) is 15.1. The van der Waals surface area contributed by atoms with Crippen LogP contribution in [0.4, 0.5) is 5.69 Å². The van der Waals surface area contributed by atoms with E-state index in [-0.39, 0.29) is 18.0 Å². The quantitative estimate of drug-likeness (QED) is 0.722.